The molecule has 0 aliphatic heterocycles. The maximum atomic E-state index is 13.1. The predicted molar refractivity (Wildman–Crippen MR) is 113 cm³/mol. The fourth-order valence-corrected chi connectivity index (χ4v) is 4.95. The van der Waals surface area contributed by atoms with Crippen molar-refractivity contribution in [1.82, 2.24) is 4.31 Å². The van der Waals surface area contributed by atoms with Gasteiger partial charge in [-0.2, -0.15) is 8.42 Å². The first-order valence-corrected chi connectivity index (χ1v) is 11.7. The van der Waals surface area contributed by atoms with Gasteiger partial charge in [-0.05, 0) is 48.5 Å². The molecule has 0 saturated carbocycles. The van der Waals surface area contributed by atoms with Crippen LogP contribution in [-0.4, -0.2) is 34.0 Å². The summed E-state index contributed by atoms with van der Waals surface area (Å²) in [4.78, 5) is -0.0294. The minimum atomic E-state index is -4.16. The van der Waals surface area contributed by atoms with Crippen molar-refractivity contribution in [2.45, 2.75) is 9.79 Å². The van der Waals surface area contributed by atoms with Crippen LogP contribution < -0.4 is 0 Å². The topological polar surface area (TPSA) is 83.9 Å². The smallest absolute Gasteiger partial charge is 0.252 e. The largest absolute Gasteiger partial charge is 0.284 e. The Bertz CT molecular complexity index is 1230. The van der Waals surface area contributed by atoms with Crippen LogP contribution in [-0.2, 0) is 20.0 Å². The third-order valence-corrected chi connectivity index (χ3v) is 7.35. The zero-order valence-electron chi connectivity index (χ0n) is 15.3. The lowest BCUT2D eigenvalue weighted by Gasteiger charge is -2.21. The number of amidine groups is 1. The van der Waals surface area contributed by atoms with Gasteiger partial charge in [0.05, 0.1) is 9.79 Å². The SMILES string of the molecule is CN(C(=NS(=O)(=O)c1ccccc1)c1ccc(Cl)cc1)S(=O)(=O)c1ccccc1. The van der Waals surface area contributed by atoms with E-state index in [1.54, 1.807) is 36.4 Å². The summed E-state index contributed by atoms with van der Waals surface area (Å²) in [6, 6.07) is 21.4. The Morgan fingerprint density at radius 2 is 1.24 bits per heavy atom. The molecule has 3 aromatic rings. The van der Waals surface area contributed by atoms with Crippen molar-refractivity contribution < 1.29 is 16.8 Å². The van der Waals surface area contributed by atoms with E-state index in [4.69, 9.17) is 11.6 Å². The van der Waals surface area contributed by atoms with Crippen LogP contribution in [0.4, 0.5) is 0 Å². The molecule has 0 unspecified atom stereocenters. The number of hydrogen-bond acceptors (Lipinski definition) is 4. The molecule has 0 radical (unpaired) electrons. The van der Waals surface area contributed by atoms with Crippen LogP contribution in [0.15, 0.2) is 99.1 Å². The zero-order valence-corrected chi connectivity index (χ0v) is 17.7. The molecule has 0 N–H and O–H groups in total. The van der Waals surface area contributed by atoms with E-state index in [2.05, 4.69) is 4.40 Å². The van der Waals surface area contributed by atoms with Gasteiger partial charge in [0.2, 0.25) is 0 Å². The van der Waals surface area contributed by atoms with Gasteiger partial charge in [-0.25, -0.2) is 8.42 Å². The third kappa shape index (κ3) is 4.67. The van der Waals surface area contributed by atoms with Gasteiger partial charge in [-0.1, -0.05) is 48.0 Å². The van der Waals surface area contributed by atoms with Crippen LogP contribution in [0.25, 0.3) is 0 Å². The van der Waals surface area contributed by atoms with Crippen molar-refractivity contribution in [3.05, 3.63) is 95.5 Å². The highest BCUT2D eigenvalue weighted by Gasteiger charge is 2.27. The van der Waals surface area contributed by atoms with Crippen LogP contribution in [0.3, 0.4) is 0 Å². The molecule has 0 amide bonds. The summed E-state index contributed by atoms with van der Waals surface area (Å²) in [7, 11) is -6.94. The van der Waals surface area contributed by atoms with Gasteiger partial charge in [0, 0.05) is 17.6 Å². The fourth-order valence-electron chi connectivity index (χ4n) is 2.51. The van der Waals surface area contributed by atoms with Gasteiger partial charge < -0.3 is 0 Å². The van der Waals surface area contributed by atoms with Crippen LogP contribution in [0.1, 0.15) is 5.56 Å². The van der Waals surface area contributed by atoms with E-state index in [0.717, 1.165) is 4.31 Å². The molecule has 3 rings (SSSR count). The Hall–Kier alpha value is -2.68. The molecule has 0 spiro atoms. The fraction of sp³-hybridized carbons (Fsp3) is 0.0500. The summed E-state index contributed by atoms with van der Waals surface area (Å²) in [6.45, 7) is 0. The molecule has 150 valence electrons. The Morgan fingerprint density at radius 3 is 1.76 bits per heavy atom. The highest BCUT2D eigenvalue weighted by molar-refractivity contribution is 7.91. The van der Waals surface area contributed by atoms with Crippen LogP contribution >= 0.6 is 11.6 Å². The standard InChI is InChI=1S/C20H17ClN2O4S2/c1-23(29(26,27)19-10-6-3-7-11-19)20(16-12-14-17(21)15-13-16)22-28(24,25)18-8-4-2-5-9-18/h2-15H,1H3. The van der Waals surface area contributed by atoms with Crippen molar-refractivity contribution >= 4 is 37.5 Å². The van der Waals surface area contributed by atoms with Gasteiger partial charge in [0.1, 0.15) is 0 Å². The maximum absolute atomic E-state index is 13.1. The second-order valence-electron chi connectivity index (χ2n) is 6.00. The first-order chi connectivity index (χ1) is 13.7. The number of rotatable bonds is 5. The molecule has 0 aromatic heterocycles. The predicted octanol–water partition coefficient (Wildman–Crippen LogP) is 3.80. The molecule has 0 atom stereocenters. The summed E-state index contributed by atoms with van der Waals surface area (Å²) >= 11 is 5.92. The molecule has 0 bridgehead atoms. The Morgan fingerprint density at radius 1 is 0.759 bits per heavy atom. The van der Waals surface area contributed by atoms with E-state index < -0.39 is 20.0 Å². The Balaban J connectivity index is 2.18. The molecular formula is C20H17ClN2O4S2. The van der Waals surface area contributed by atoms with Crippen molar-refractivity contribution in [2.75, 3.05) is 7.05 Å². The number of nitrogens with zero attached hydrogens (tertiary/aromatic N) is 2. The second-order valence-corrected chi connectivity index (χ2v) is 10.0. The molecule has 0 heterocycles. The van der Waals surface area contributed by atoms with E-state index in [9.17, 15) is 16.8 Å². The molecule has 0 fully saturated rings. The first kappa shape index (κ1) is 21.0. The summed E-state index contributed by atoms with van der Waals surface area (Å²) in [5.74, 6) is -0.241. The van der Waals surface area contributed by atoms with Crippen LogP contribution in [0.2, 0.25) is 5.02 Å². The highest BCUT2D eigenvalue weighted by Crippen LogP contribution is 2.21. The van der Waals surface area contributed by atoms with E-state index >= 15 is 0 Å². The normalized spacial score (nSPS) is 12.6. The summed E-state index contributed by atoms with van der Waals surface area (Å²) in [6.07, 6.45) is 0. The minimum Gasteiger partial charge on any atom is -0.252 e. The number of benzene rings is 3. The lowest BCUT2D eigenvalue weighted by Crippen LogP contribution is -2.34. The van der Waals surface area contributed by atoms with E-state index in [-0.39, 0.29) is 21.2 Å². The third-order valence-electron chi connectivity index (χ3n) is 4.05. The van der Waals surface area contributed by atoms with Crippen LogP contribution in [0, 0.1) is 0 Å². The van der Waals surface area contributed by atoms with Gasteiger partial charge in [0.15, 0.2) is 5.84 Å². The minimum absolute atomic E-state index is 0.0151. The molecule has 6 nitrogen and oxygen atoms in total. The average molecular weight is 449 g/mol. The zero-order chi connectivity index (χ0) is 21.1. The summed E-state index contributed by atoms with van der Waals surface area (Å²) in [5.41, 5.74) is 0.288. The first-order valence-electron chi connectivity index (χ1n) is 8.42. The Labute approximate surface area is 175 Å². The number of hydrogen-bond donors (Lipinski definition) is 0. The van der Waals surface area contributed by atoms with E-state index in [1.807, 2.05) is 0 Å². The van der Waals surface area contributed by atoms with Crippen molar-refractivity contribution in [2.24, 2.45) is 4.40 Å². The molecule has 3 aromatic carbocycles. The monoisotopic (exact) mass is 448 g/mol. The molecule has 29 heavy (non-hydrogen) atoms. The van der Waals surface area contributed by atoms with Crippen LogP contribution in [0.5, 0.6) is 0 Å². The molecule has 9 heteroatoms. The lowest BCUT2D eigenvalue weighted by atomic mass is 10.2. The average Bonchev–Trinajstić information content (AvgIpc) is 2.73. The van der Waals surface area contributed by atoms with Crippen molar-refractivity contribution in [3.63, 3.8) is 0 Å². The Kier molecular flexibility index (Phi) is 6.07. The lowest BCUT2D eigenvalue weighted by molar-refractivity contribution is 0.552. The van der Waals surface area contributed by atoms with Gasteiger partial charge in [-0.3, -0.25) is 4.31 Å². The van der Waals surface area contributed by atoms with Gasteiger partial charge in [0.25, 0.3) is 20.0 Å². The molecule has 0 saturated heterocycles. The second kappa shape index (κ2) is 8.36. The molecule has 0 aliphatic rings. The van der Waals surface area contributed by atoms with Gasteiger partial charge in [-0.15, -0.1) is 4.40 Å². The van der Waals surface area contributed by atoms with Crippen molar-refractivity contribution in [3.8, 4) is 0 Å². The molecular weight excluding hydrogens is 432 g/mol. The highest BCUT2D eigenvalue weighted by atomic mass is 35.5. The maximum Gasteiger partial charge on any atom is 0.284 e. The summed E-state index contributed by atoms with van der Waals surface area (Å²) < 4.78 is 56.5. The number of halogens is 1. The quantitative estimate of drug-likeness (QED) is 0.439. The van der Waals surface area contributed by atoms with E-state index in [0.29, 0.717) is 5.02 Å². The van der Waals surface area contributed by atoms with E-state index in [1.165, 1.54) is 55.6 Å². The van der Waals surface area contributed by atoms with Crippen molar-refractivity contribution in [1.29, 1.82) is 0 Å². The summed E-state index contributed by atoms with van der Waals surface area (Å²) in [5, 5.41) is 0.424. The number of sulfonamides is 2. The van der Waals surface area contributed by atoms with Gasteiger partial charge >= 0.3 is 0 Å². The molecule has 0 aliphatic carbocycles.